The minimum absolute atomic E-state index is 0.0311. The zero-order valence-corrected chi connectivity index (χ0v) is 18.6. The Hall–Kier alpha value is -3.33. The number of aliphatic hydroxyl groups excluding tert-OH is 1. The molecule has 2 aromatic rings. The molecule has 1 aliphatic heterocycles. The number of carbonyl (C=O) groups is 2. The molecule has 1 atom stereocenters. The van der Waals surface area contributed by atoms with Crippen LogP contribution in [0.3, 0.4) is 0 Å². The number of aliphatic hydroxyl groups is 1. The molecular weight excluding hydrogens is 400 g/mol. The number of likely N-dealkylation sites (tertiary alicyclic amines) is 1. The van der Waals surface area contributed by atoms with Crippen LogP contribution in [0.5, 0.6) is 11.5 Å². The van der Waals surface area contributed by atoms with Crippen LogP contribution in [0.25, 0.3) is 5.76 Å². The summed E-state index contributed by atoms with van der Waals surface area (Å²) in [5.74, 6) is -0.626. The SMILES string of the molecule is COc1ccc(C2C(=C(O)c3c(C)n[nH]c3C)C(=O)C(=O)N2CCN(C)C)cc1OC. The van der Waals surface area contributed by atoms with Gasteiger partial charge < -0.3 is 24.4 Å². The topological polar surface area (TPSA) is 108 Å². The molecule has 1 amide bonds. The van der Waals surface area contributed by atoms with Gasteiger partial charge in [0.2, 0.25) is 0 Å². The lowest BCUT2D eigenvalue weighted by Crippen LogP contribution is -2.35. The second-order valence-corrected chi connectivity index (χ2v) is 7.72. The van der Waals surface area contributed by atoms with Gasteiger partial charge in [0.15, 0.2) is 11.5 Å². The maximum atomic E-state index is 13.1. The lowest BCUT2D eigenvalue weighted by molar-refractivity contribution is -0.140. The number of rotatable bonds is 7. The molecule has 31 heavy (non-hydrogen) atoms. The Morgan fingerprint density at radius 3 is 2.42 bits per heavy atom. The van der Waals surface area contributed by atoms with Crippen LogP contribution in [0.1, 0.15) is 28.6 Å². The molecule has 9 heteroatoms. The average molecular weight is 428 g/mol. The first kappa shape index (κ1) is 22.4. The summed E-state index contributed by atoms with van der Waals surface area (Å²) in [5.41, 5.74) is 2.25. The van der Waals surface area contributed by atoms with E-state index in [9.17, 15) is 14.7 Å². The molecule has 0 aliphatic carbocycles. The zero-order chi connectivity index (χ0) is 22.9. The van der Waals surface area contributed by atoms with Gasteiger partial charge in [-0.1, -0.05) is 6.07 Å². The van der Waals surface area contributed by atoms with Gasteiger partial charge in [-0.2, -0.15) is 5.10 Å². The largest absolute Gasteiger partial charge is 0.507 e. The Balaban J connectivity index is 2.22. The molecule has 1 saturated heterocycles. The Kier molecular flexibility index (Phi) is 6.35. The zero-order valence-electron chi connectivity index (χ0n) is 18.6. The van der Waals surface area contributed by atoms with Crippen molar-refractivity contribution in [2.75, 3.05) is 41.4 Å². The molecule has 1 unspecified atom stereocenters. The second-order valence-electron chi connectivity index (χ2n) is 7.72. The van der Waals surface area contributed by atoms with E-state index in [1.807, 2.05) is 19.0 Å². The Morgan fingerprint density at radius 1 is 1.19 bits per heavy atom. The maximum absolute atomic E-state index is 13.1. The molecule has 9 nitrogen and oxygen atoms in total. The number of hydrogen-bond donors (Lipinski definition) is 2. The van der Waals surface area contributed by atoms with E-state index in [0.717, 1.165) is 0 Å². The standard InChI is InChI=1S/C22H28N4O5/c1-12-17(13(2)24-23-12)20(27)18-19(14-7-8-15(30-5)16(11-14)31-6)26(10-9-25(3)4)22(29)21(18)28/h7-8,11,19,27H,9-10H2,1-6H3,(H,23,24). The van der Waals surface area contributed by atoms with E-state index in [0.29, 0.717) is 47.1 Å². The van der Waals surface area contributed by atoms with Gasteiger partial charge in [-0.15, -0.1) is 0 Å². The number of H-pyrrole nitrogens is 1. The highest BCUT2D eigenvalue weighted by molar-refractivity contribution is 6.46. The number of likely N-dealkylation sites (N-methyl/N-ethyl adjacent to an activating group) is 1. The third-order valence-corrected chi connectivity index (χ3v) is 5.42. The number of carbonyl (C=O) groups excluding carboxylic acids is 2. The molecular formula is C22H28N4O5. The van der Waals surface area contributed by atoms with E-state index >= 15 is 0 Å². The van der Waals surface area contributed by atoms with Crippen molar-refractivity contribution >= 4 is 17.4 Å². The Bertz CT molecular complexity index is 1020. The van der Waals surface area contributed by atoms with Crippen molar-refractivity contribution in [3.05, 3.63) is 46.3 Å². The van der Waals surface area contributed by atoms with Crippen LogP contribution in [0.2, 0.25) is 0 Å². The highest BCUT2D eigenvalue weighted by atomic mass is 16.5. The summed E-state index contributed by atoms with van der Waals surface area (Å²) in [6.07, 6.45) is 0. The molecule has 1 aromatic heterocycles. The molecule has 1 aliphatic rings. The van der Waals surface area contributed by atoms with E-state index in [-0.39, 0.29) is 11.3 Å². The number of aromatic nitrogens is 2. The first-order valence-electron chi connectivity index (χ1n) is 9.88. The van der Waals surface area contributed by atoms with Crippen LogP contribution < -0.4 is 9.47 Å². The smallest absolute Gasteiger partial charge is 0.295 e. The minimum atomic E-state index is -0.770. The summed E-state index contributed by atoms with van der Waals surface area (Å²) in [7, 11) is 6.83. The van der Waals surface area contributed by atoms with Crippen molar-refractivity contribution in [3.8, 4) is 11.5 Å². The number of ketones is 1. The first-order chi connectivity index (χ1) is 14.7. The molecule has 3 rings (SSSR count). The highest BCUT2D eigenvalue weighted by Crippen LogP contribution is 2.42. The minimum Gasteiger partial charge on any atom is -0.507 e. The summed E-state index contributed by atoms with van der Waals surface area (Å²) in [6, 6.07) is 4.44. The Morgan fingerprint density at radius 2 is 1.87 bits per heavy atom. The Labute approximate surface area is 181 Å². The molecule has 2 heterocycles. The van der Waals surface area contributed by atoms with Gasteiger partial charge >= 0.3 is 0 Å². The quantitative estimate of drug-likeness (QED) is 0.395. The van der Waals surface area contributed by atoms with Crippen LogP contribution in [-0.2, 0) is 9.59 Å². The fraction of sp³-hybridized carbons (Fsp3) is 0.409. The fourth-order valence-electron chi connectivity index (χ4n) is 3.82. The summed E-state index contributed by atoms with van der Waals surface area (Å²) in [6.45, 7) is 4.35. The van der Waals surface area contributed by atoms with Crippen LogP contribution in [0, 0.1) is 13.8 Å². The predicted octanol–water partition coefficient (Wildman–Crippen LogP) is 2.03. The van der Waals surface area contributed by atoms with E-state index in [1.54, 1.807) is 32.0 Å². The monoisotopic (exact) mass is 428 g/mol. The summed E-state index contributed by atoms with van der Waals surface area (Å²) in [4.78, 5) is 29.5. The average Bonchev–Trinajstić information content (AvgIpc) is 3.21. The molecule has 2 N–H and O–H groups in total. The van der Waals surface area contributed by atoms with Gasteiger partial charge in [0.1, 0.15) is 5.76 Å². The third kappa shape index (κ3) is 4.00. The normalized spacial score (nSPS) is 18.2. The molecule has 0 spiro atoms. The van der Waals surface area contributed by atoms with E-state index in [1.165, 1.54) is 19.1 Å². The first-order valence-corrected chi connectivity index (χ1v) is 9.88. The van der Waals surface area contributed by atoms with Gasteiger partial charge in [-0.3, -0.25) is 14.7 Å². The number of benzene rings is 1. The number of nitrogens with zero attached hydrogens (tertiary/aromatic N) is 3. The fourth-order valence-corrected chi connectivity index (χ4v) is 3.82. The van der Waals surface area contributed by atoms with Crippen molar-refractivity contribution in [1.82, 2.24) is 20.0 Å². The lowest BCUT2D eigenvalue weighted by Gasteiger charge is -2.27. The van der Waals surface area contributed by atoms with E-state index in [2.05, 4.69) is 10.2 Å². The molecule has 1 aromatic carbocycles. The highest BCUT2D eigenvalue weighted by Gasteiger charge is 2.46. The van der Waals surface area contributed by atoms with Crippen molar-refractivity contribution in [2.45, 2.75) is 19.9 Å². The van der Waals surface area contributed by atoms with Crippen LogP contribution in [0.15, 0.2) is 23.8 Å². The van der Waals surface area contributed by atoms with E-state index < -0.39 is 17.7 Å². The molecule has 0 radical (unpaired) electrons. The molecule has 166 valence electrons. The van der Waals surface area contributed by atoms with Crippen molar-refractivity contribution < 1.29 is 24.2 Å². The number of nitrogens with one attached hydrogen (secondary N) is 1. The van der Waals surface area contributed by atoms with Crippen LogP contribution >= 0.6 is 0 Å². The second kappa shape index (κ2) is 8.81. The van der Waals surface area contributed by atoms with Gasteiger partial charge in [0.05, 0.1) is 37.1 Å². The number of Topliss-reactive ketones (excluding diaryl/α,β-unsaturated/α-hetero) is 1. The number of aromatic amines is 1. The maximum Gasteiger partial charge on any atom is 0.295 e. The van der Waals surface area contributed by atoms with Crippen molar-refractivity contribution in [3.63, 3.8) is 0 Å². The summed E-state index contributed by atoms with van der Waals surface area (Å²) < 4.78 is 10.7. The van der Waals surface area contributed by atoms with Gasteiger partial charge in [0.25, 0.3) is 11.7 Å². The van der Waals surface area contributed by atoms with E-state index in [4.69, 9.17) is 9.47 Å². The lowest BCUT2D eigenvalue weighted by atomic mass is 9.94. The summed E-state index contributed by atoms with van der Waals surface area (Å²) >= 11 is 0. The molecule has 0 saturated carbocycles. The van der Waals surface area contributed by atoms with Crippen molar-refractivity contribution in [2.24, 2.45) is 0 Å². The van der Waals surface area contributed by atoms with Gasteiger partial charge in [0, 0.05) is 18.8 Å². The third-order valence-electron chi connectivity index (χ3n) is 5.42. The number of methoxy groups -OCH3 is 2. The van der Waals surface area contributed by atoms with Crippen molar-refractivity contribution in [1.29, 1.82) is 0 Å². The number of hydrogen-bond acceptors (Lipinski definition) is 7. The van der Waals surface area contributed by atoms with Gasteiger partial charge in [-0.05, 0) is 45.6 Å². The molecule has 1 fully saturated rings. The number of aryl methyl sites for hydroxylation is 2. The van der Waals surface area contributed by atoms with Gasteiger partial charge in [-0.25, -0.2) is 0 Å². The van der Waals surface area contributed by atoms with Crippen LogP contribution in [-0.4, -0.2) is 78.2 Å². The number of ether oxygens (including phenoxy) is 2. The predicted molar refractivity (Wildman–Crippen MR) is 115 cm³/mol. The van der Waals surface area contributed by atoms with Crippen LogP contribution in [0.4, 0.5) is 0 Å². The summed E-state index contributed by atoms with van der Waals surface area (Å²) in [5, 5.41) is 18.1. The molecule has 0 bridgehead atoms. The number of amides is 1.